The van der Waals surface area contributed by atoms with Crippen molar-refractivity contribution in [1.82, 2.24) is 4.90 Å². The third-order valence-electron chi connectivity index (χ3n) is 3.42. The summed E-state index contributed by atoms with van der Waals surface area (Å²) in [5.41, 5.74) is 0.881. The smallest absolute Gasteiger partial charge is 0.265 e. The van der Waals surface area contributed by atoms with Gasteiger partial charge in [0.25, 0.3) is 5.91 Å². The first-order valence-electron chi connectivity index (χ1n) is 7.44. The molecule has 0 saturated carbocycles. The van der Waals surface area contributed by atoms with Crippen molar-refractivity contribution in [1.29, 1.82) is 0 Å². The van der Waals surface area contributed by atoms with Crippen molar-refractivity contribution >= 4 is 40.3 Å². The number of amides is 1. The summed E-state index contributed by atoms with van der Waals surface area (Å²) in [6, 6.07) is 5.65. The minimum atomic E-state index is -0.0729. The van der Waals surface area contributed by atoms with E-state index >= 15 is 0 Å². The number of thiocarbonyl (C=S) groups is 1. The molecule has 0 spiro atoms. The van der Waals surface area contributed by atoms with E-state index in [-0.39, 0.29) is 5.91 Å². The van der Waals surface area contributed by atoms with E-state index in [0.29, 0.717) is 33.2 Å². The molecule has 0 N–H and O–H groups in total. The number of likely N-dealkylation sites (N-methyl/N-ethyl adjacent to an activating group) is 1. The monoisotopic (exact) mass is 351 g/mol. The number of methoxy groups -OCH3 is 1. The maximum Gasteiger partial charge on any atom is 0.265 e. The van der Waals surface area contributed by atoms with Crippen LogP contribution in [-0.4, -0.2) is 35.9 Å². The number of rotatable bonds is 6. The summed E-state index contributed by atoms with van der Waals surface area (Å²) >= 11 is 6.44. The molecular formula is C17H21NO3S2. The predicted octanol–water partition coefficient (Wildman–Crippen LogP) is 3.95. The topological polar surface area (TPSA) is 38.8 Å². The standard InChI is InChI=1S/C17H21NO3S2/c1-11(2)7-8-21-13-6-5-12(9-14(13)20-4)10-15-16(19)18(3)17(22)23-15/h5-6,9-11H,7-8H2,1-4H3/b15-10-. The van der Waals surface area contributed by atoms with Crippen molar-refractivity contribution in [2.75, 3.05) is 20.8 Å². The first kappa shape index (κ1) is 17.8. The molecule has 4 nitrogen and oxygen atoms in total. The van der Waals surface area contributed by atoms with Crippen molar-refractivity contribution in [3.05, 3.63) is 28.7 Å². The van der Waals surface area contributed by atoms with Crippen LogP contribution < -0.4 is 9.47 Å². The molecule has 1 fully saturated rings. The summed E-state index contributed by atoms with van der Waals surface area (Å²) in [6.45, 7) is 4.98. The van der Waals surface area contributed by atoms with Crippen molar-refractivity contribution in [2.45, 2.75) is 20.3 Å². The molecule has 1 heterocycles. The van der Waals surface area contributed by atoms with Crippen LogP contribution in [0.2, 0.25) is 0 Å². The Morgan fingerprint density at radius 1 is 1.35 bits per heavy atom. The fourth-order valence-corrected chi connectivity index (χ4v) is 3.17. The van der Waals surface area contributed by atoms with E-state index in [0.717, 1.165) is 12.0 Å². The lowest BCUT2D eigenvalue weighted by Crippen LogP contribution is -2.22. The highest BCUT2D eigenvalue weighted by atomic mass is 32.2. The van der Waals surface area contributed by atoms with E-state index in [2.05, 4.69) is 13.8 Å². The summed E-state index contributed by atoms with van der Waals surface area (Å²) in [7, 11) is 3.30. The summed E-state index contributed by atoms with van der Waals surface area (Å²) < 4.78 is 11.7. The van der Waals surface area contributed by atoms with Gasteiger partial charge in [0.1, 0.15) is 4.32 Å². The van der Waals surface area contributed by atoms with E-state index in [1.807, 2.05) is 24.3 Å². The summed E-state index contributed by atoms with van der Waals surface area (Å²) in [5, 5.41) is 0. The average Bonchev–Trinajstić information content (AvgIpc) is 2.75. The van der Waals surface area contributed by atoms with Crippen LogP contribution in [0.1, 0.15) is 25.8 Å². The Hall–Kier alpha value is -1.53. The number of benzene rings is 1. The zero-order chi connectivity index (χ0) is 17.0. The second-order valence-corrected chi connectivity index (χ2v) is 7.36. The third-order valence-corrected chi connectivity index (χ3v) is 4.91. The molecule has 0 unspecified atom stereocenters. The van der Waals surface area contributed by atoms with Gasteiger partial charge in [-0.2, -0.15) is 0 Å². The molecule has 0 aromatic heterocycles. The Kier molecular flexibility index (Phi) is 6.07. The Bertz CT molecular complexity index is 641. The minimum Gasteiger partial charge on any atom is -0.493 e. The lowest BCUT2D eigenvalue weighted by Gasteiger charge is -2.12. The lowest BCUT2D eigenvalue weighted by atomic mass is 10.1. The Labute approximate surface area is 146 Å². The normalized spacial score (nSPS) is 16.6. The molecule has 0 bridgehead atoms. The Balaban J connectivity index is 2.16. The van der Waals surface area contributed by atoms with Crippen molar-refractivity contribution in [3.63, 3.8) is 0 Å². The predicted molar refractivity (Wildman–Crippen MR) is 98.9 cm³/mol. The van der Waals surface area contributed by atoms with E-state index < -0.39 is 0 Å². The first-order chi connectivity index (χ1) is 10.9. The molecule has 0 radical (unpaired) electrons. The van der Waals surface area contributed by atoms with Crippen LogP contribution in [0, 0.1) is 5.92 Å². The van der Waals surface area contributed by atoms with Gasteiger partial charge < -0.3 is 9.47 Å². The highest BCUT2D eigenvalue weighted by molar-refractivity contribution is 8.26. The molecule has 6 heteroatoms. The van der Waals surface area contributed by atoms with E-state index in [9.17, 15) is 4.79 Å². The first-order valence-corrected chi connectivity index (χ1v) is 8.67. The van der Waals surface area contributed by atoms with Crippen LogP contribution in [0.4, 0.5) is 0 Å². The van der Waals surface area contributed by atoms with Gasteiger partial charge in [0.05, 0.1) is 18.6 Å². The number of hydrogen-bond donors (Lipinski definition) is 0. The molecule has 1 saturated heterocycles. The van der Waals surface area contributed by atoms with Crippen LogP contribution in [0.3, 0.4) is 0 Å². The largest absolute Gasteiger partial charge is 0.493 e. The second-order valence-electron chi connectivity index (χ2n) is 5.68. The van der Waals surface area contributed by atoms with E-state index in [1.54, 1.807) is 14.2 Å². The highest BCUT2D eigenvalue weighted by Gasteiger charge is 2.28. The third kappa shape index (κ3) is 4.48. The number of carbonyl (C=O) groups excluding carboxylic acids is 1. The van der Waals surface area contributed by atoms with Gasteiger partial charge in [-0.15, -0.1) is 0 Å². The molecule has 1 aromatic rings. The fraction of sp³-hybridized carbons (Fsp3) is 0.412. The SMILES string of the molecule is COc1cc(/C=C2\SC(=S)N(C)C2=O)ccc1OCCC(C)C. The maximum atomic E-state index is 12.0. The molecule has 0 atom stereocenters. The molecule has 1 amide bonds. The van der Waals surface area contributed by atoms with Crippen molar-refractivity contribution < 1.29 is 14.3 Å². The quantitative estimate of drug-likeness (QED) is 0.573. The summed E-state index contributed by atoms with van der Waals surface area (Å²) in [6.07, 6.45) is 2.81. The molecule has 1 aliphatic rings. The van der Waals surface area contributed by atoms with E-state index in [4.69, 9.17) is 21.7 Å². The van der Waals surface area contributed by atoms with Gasteiger partial charge in [-0.25, -0.2) is 0 Å². The number of thioether (sulfide) groups is 1. The lowest BCUT2D eigenvalue weighted by molar-refractivity contribution is -0.121. The maximum absolute atomic E-state index is 12.0. The second kappa shape index (κ2) is 7.84. The fourth-order valence-electron chi connectivity index (χ4n) is 1.99. The van der Waals surface area contributed by atoms with Gasteiger partial charge in [-0.05, 0) is 36.1 Å². The van der Waals surface area contributed by atoms with Gasteiger partial charge in [-0.3, -0.25) is 9.69 Å². The minimum absolute atomic E-state index is 0.0729. The van der Waals surface area contributed by atoms with Crippen LogP contribution in [0.25, 0.3) is 6.08 Å². The van der Waals surface area contributed by atoms with Gasteiger partial charge in [-0.1, -0.05) is 43.9 Å². The van der Waals surface area contributed by atoms with Crippen LogP contribution in [-0.2, 0) is 4.79 Å². The molecule has 1 aliphatic heterocycles. The van der Waals surface area contributed by atoms with Crippen molar-refractivity contribution in [2.24, 2.45) is 5.92 Å². The number of hydrogen-bond acceptors (Lipinski definition) is 5. The number of carbonyl (C=O) groups is 1. The zero-order valence-electron chi connectivity index (χ0n) is 13.8. The molecule has 23 heavy (non-hydrogen) atoms. The summed E-state index contributed by atoms with van der Waals surface area (Å²) in [4.78, 5) is 14.1. The van der Waals surface area contributed by atoms with Crippen LogP contribution >= 0.6 is 24.0 Å². The van der Waals surface area contributed by atoms with Gasteiger partial charge >= 0.3 is 0 Å². The average molecular weight is 351 g/mol. The van der Waals surface area contributed by atoms with Gasteiger partial charge in [0, 0.05) is 7.05 Å². The molecular weight excluding hydrogens is 330 g/mol. The number of nitrogens with zero attached hydrogens (tertiary/aromatic N) is 1. The number of ether oxygens (including phenoxy) is 2. The van der Waals surface area contributed by atoms with Crippen molar-refractivity contribution in [3.8, 4) is 11.5 Å². The van der Waals surface area contributed by atoms with E-state index in [1.165, 1.54) is 16.7 Å². The Morgan fingerprint density at radius 2 is 2.09 bits per heavy atom. The molecule has 1 aromatic carbocycles. The van der Waals surface area contributed by atoms with Crippen LogP contribution in [0.5, 0.6) is 11.5 Å². The van der Waals surface area contributed by atoms with Gasteiger partial charge in [0.15, 0.2) is 11.5 Å². The molecule has 2 rings (SSSR count). The highest BCUT2D eigenvalue weighted by Crippen LogP contribution is 2.34. The molecule has 124 valence electrons. The molecule has 0 aliphatic carbocycles. The Morgan fingerprint density at radius 3 is 2.65 bits per heavy atom. The van der Waals surface area contributed by atoms with Crippen LogP contribution in [0.15, 0.2) is 23.1 Å². The summed E-state index contributed by atoms with van der Waals surface area (Å²) in [5.74, 6) is 1.90. The zero-order valence-corrected chi connectivity index (χ0v) is 15.4. The van der Waals surface area contributed by atoms with Gasteiger partial charge in [0.2, 0.25) is 0 Å².